The Morgan fingerprint density at radius 2 is 1.39 bits per heavy atom. The Balaban J connectivity index is 1.30. The van der Waals surface area contributed by atoms with E-state index in [2.05, 4.69) is 95.4 Å². The Morgan fingerprint density at radius 1 is 0.833 bits per heavy atom. The highest BCUT2D eigenvalue weighted by Gasteiger charge is 2.29. The molecule has 1 aliphatic rings. The van der Waals surface area contributed by atoms with Crippen LogP contribution in [0.4, 0.5) is 0 Å². The number of nitrogens with zero attached hydrogens (tertiary/aromatic N) is 3. The van der Waals surface area contributed by atoms with Crippen molar-refractivity contribution in [2.45, 2.75) is 51.9 Å². The lowest BCUT2D eigenvalue weighted by atomic mass is 9.97. The summed E-state index contributed by atoms with van der Waals surface area (Å²) >= 11 is 0. The van der Waals surface area contributed by atoms with Crippen molar-refractivity contribution in [3.05, 3.63) is 107 Å². The quantitative estimate of drug-likeness (QED) is 0.333. The lowest BCUT2D eigenvalue weighted by molar-refractivity contribution is 0.0771. The Labute approximate surface area is 214 Å². The molecule has 5 heteroatoms. The van der Waals surface area contributed by atoms with E-state index >= 15 is 0 Å². The molecule has 4 aromatic rings. The van der Waals surface area contributed by atoms with Crippen molar-refractivity contribution in [2.75, 3.05) is 19.6 Å². The van der Waals surface area contributed by atoms with E-state index in [4.69, 9.17) is 0 Å². The third-order valence-electron chi connectivity index (χ3n) is 7.69. The number of hydrogen-bond acceptors (Lipinski definition) is 3. The Hall–Kier alpha value is -3.15. The zero-order valence-corrected chi connectivity index (χ0v) is 21.5. The van der Waals surface area contributed by atoms with E-state index in [1.807, 2.05) is 22.8 Å². The van der Waals surface area contributed by atoms with E-state index in [0.717, 1.165) is 56.6 Å². The average Bonchev–Trinajstić information content (AvgIpc) is 3.24. The standard InChI is InChI=1S/C31H38N4O/c1-24(2)30(34(21-25-11-5-3-6-12-25)22-26-13-7-4-8-14-26)23-33-19-17-27(18-20-33)35-29-16-10-9-15-28(29)32-31(35)36/h3-16,24,27,30H,17-23H2,1-2H3,(H,32,36)/t30-/m1/s1. The Morgan fingerprint density at radius 3 is 1.97 bits per heavy atom. The summed E-state index contributed by atoms with van der Waals surface area (Å²) < 4.78 is 1.99. The van der Waals surface area contributed by atoms with E-state index in [-0.39, 0.29) is 11.7 Å². The van der Waals surface area contributed by atoms with Gasteiger partial charge < -0.3 is 9.88 Å². The molecule has 0 radical (unpaired) electrons. The van der Waals surface area contributed by atoms with Gasteiger partial charge in [-0.2, -0.15) is 0 Å². The maximum absolute atomic E-state index is 12.7. The molecule has 0 amide bonds. The Kier molecular flexibility index (Phi) is 7.69. The number of aromatic nitrogens is 2. The van der Waals surface area contributed by atoms with Crippen molar-refractivity contribution in [3.8, 4) is 0 Å². The van der Waals surface area contributed by atoms with Crippen molar-refractivity contribution in [1.29, 1.82) is 0 Å². The molecule has 188 valence electrons. The number of piperidine rings is 1. The predicted molar refractivity (Wildman–Crippen MR) is 148 cm³/mol. The largest absolute Gasteiger partial charge is 0.326 e. The molecule has 0 bridgehead atoms. The number of fused-ring (bicyclic) bond motifs is 1. The molecule has 1 saturated heterocycles. The molecule has 5 nitrogen and oxygen atoms in total. The fourth-order valence-electron chi connectivity index (χ4n) is 5.74. The predicted octanol–water partition coefficient (Wildman–Crippen LogP) is 5.69. The third-order valence-corrected chi connectivity index (χ3v) is 7.69. The van der Waals surface area contributed by atoms with Crippen LogP contribution in [0.2, 0.25) is 0 Å². The number of likely N-dealkylation sites (tertiary alicyclic amines) is 1. The maximum atomic E-state index is 12.7. The van der Waals surface area contributed by atoms with Crippen LogP contribution in [0.15, 0.2) is 89.7 Å². The fourth-order valence-corrected chi connectivity index (χ4v) is 5.74. The topological polar surface area (TPSA) is 44.3 Å². The summed E-state index contributed by atoms with van der Waals surface area (Å²) in [6.07, 6.45) is 2.01. The second-order valence-corrected chi connectivity index (χ2v) is 10.5. The number of imidazole rings is 1. The van der Waals surface area contributed by atoms with Crippen LogP contribution in [0.25, 0.3) is 11.0 Å². The van der Waals surface area contributed by atoms with E-state index in [9.17, 15) is 4.79 Å². The molecule has 0 saturated carbocycles. The van der Waals surface area contributed by atoms with Crippen LogP contribution in [0.1, 0.15) is 43.9 Å². The highest BCUT2D eigenvalue weighted by atomic mass is 16.1. The van der Waals surface area contributed by atoms with Crippen LogP contribution in [-0.4, -0.2) is 45.0 Å². The molecule has 36 heavy (non-hydrogen) atoms. The number of para-hydroxylation sites is 2. The van der Waals surface area contributed by atoms with E-state index in [0.29, 0.717) is 12.0 Å². The first-order valence-electron chi connectivity index (χ1n) is 13.3. The smallest absolute Gasteiger partial charge is 0.306 e. The molecule has 3 aromatic carbocycles. The minimum atomic E-state index is 0.0200. The van der Waals surface area contributed by atoms with Gasteiger partial charge >= 0.3 is 5.69 Å². The van der Waals surface area contributed by atoms with Gasteiger partial charge in [-0.1, -0.05) is 86.6 Å². The fraction of sp³-hybridized carbons (Fsp3) is 0.387. The lowest BCUT2D eigenvalue weighted by Gasteiger charge is -2.40. The van der Waals surface area contributed by atoms with Crippen LogP contribution in [0.3, 0.4) is 0 Å². The first kappa shape index (κ1) is 24.5. The average molecular weight is 483 g/mol. The van der Waals surface area contributed by atoms with Gasteiger partial charge in [0.05, 0.1) is 11.0 Å². The normalized spacial score (nSPS) is 16.2. The summed E-state index contributed by atoms with van der Waals surface area (Å²) in [6, 6.07) is 30.4. The van der Waals surface area contributed by atoms with Gasteiger partial charge in [-0.05, 0) is 42.0 Å². The summed E-state index contributed by atoms with van der Waals surface area (Å²) in [7, 11) is 0. The SMILES string of the molecule is CC(C)[C@@H](CN1CCC(n2c(=O)[nH]c3ccccc32)CC1)N(Cc1ccccc1)Cc1ccccc1. The lowest BCUT2D eigenvalue weighted by Crippen LogP contribution is -2.48. The van der Waals surface area contributed by atoms with Crippen molar-refractivity contribution >= 4 is 11.0 Å². The van der Waals surface area contributed by atoms with Crippen LogP contribution >= 0.6 is 0 Å². The van der Waals surface area contributed by atoms with Crippen molar-refractivity contribution in [2.24, 2.45) is 5.92 Å². The molecule has 5 rings (SSSR count). The summed E-state index contributed by atoms with van der Waals surface area (Å²) in [4.78, 5) is 21.0. The van der Waals surface area contributed by atoms with Crippen molar-refractivity contribution in [3.63, 3.8) is 0 Å². The molecule has 1 aromatic heterocycles. The first-order chi connectivity index (χ1) is 17.6. The minimum Gasteiger partial charge on any atom is -0.306 e. The van der Waals surface area contributed by atoms with Gasteiger partial charge in [0.1, 0.15) is 0 Å². The summed E-state index contributed by atoms with van der Waals surface area (Å²) in [6.45, 7) is 9.68. The second kappa shape index (κ2) is 11.3. The Bertz CT molecular complexity index is 1240. The minimum absolute atomic E-state index is 0.0200. The van der Waals surface area contributed by atoms with Gasteiger partial charge in [0.25, 0.3) is 0 Å². The molecule has 1 atom stereocenters. The van der Waals surface area contributed by atoms with Crippen LogP contribution in [-0.2, 0) is 13.1 Å². The van der Waals surface area contributed by atoms with E-state index in [1.165, 1.54) is 11.1 Å². The first-order valence-corrected chi connectivity index (χ1v) is 13.3. The summed E-state index contributed by atoms with van der Waals surface area (Å²) in [5.41, 5.74) is 4.69. The van der Waals surface area contributed by atoms with Crippen molar-refractivity contribution < 1.29 is 0 Å². The number of rotatable bonds is 9. The zero-order valence-electron chi connectivity index (χ0n) is 21.5. The van der Waals surface area contributed by atoms with Crippen LogP contribution < -0.4 is 5.69 Å². The molecule has 0 aliphatic carbocycles. The van der Waals surface area contributed by atoms with Crippen molar-refractivity contribution in [1.82, 2.24) is 19.4 Å². The van der Waals surface area contributed by atoms with Gasteiger partial charge in [-0.25, -0.2) is 4.79 Å². The molecule has 1 N–H and O–H groups in total. The van der Waals surface area contributed by atoms with E-state index < -0.39 is 0 Å². The monoisotopic (exact) mass is 482 g/mol. The number of H-pyrrole nitrogens is 1. The summed E-state index contributed by atoms with van der Waals surface area (Å²) in [5, 5.41) is 0. The molecule has 1 aliphatic heterocycles. The highest BCUT2D eigenvalue weighted by Crippen LogP contribution is 2.27. The van der Waals surface area contributed by atoms with Gasteiger partial charge in [-0.3, -0.25) is 9.47 Å². The number of hydrogen-bond donors (Lipinski definition) is 1. The zero-order chi connectivity index (χ0) is 24.9. The molecular weight excluding hydrogens is 444 g/mol. The number of benzene rings is 3. The second-order valence-electron chi connectivity index (χ2n) is 10.5. The van der Waals surface area contributed by atoms with Crippen LogP contribution in [0, 0.1) is 5.92 Å². The van der Waals surface area contributed by atoms with Crippen LogP contribution in [0.5, 0.6) is 0 Å². The molecule has 0 spiro atoms. The molecule has 1 fully saturated rings. The molecular formula is C31H38N4O. The summed E-state index contributed by atoms with van der Waals surface area (Å²) in [5.74, 6) is 0.534. The molecule has 0 unspecified atom stereocenters. The number of nitrogens with one attached hydrogen (secondary N) is 1. The van der Waals surface area contributed by atoms with Gasteiger partial charge in [0, 0.05) is 44.8 Å². The molecule has 2 heterocycles. The van der Waals surface area contributed by atoms with Gasteiger partial charge in [-0.15, -0.1) is 0 Å². The maximum Gasteiger partial charge on any atom is 0.326 e. The highest BCUT2D eigenvalue weighted by molar-refractivity contribution is 5.75. The third kappa shape index (κ3) is 5.63. The van der Waals surface area contributed by atoms with E-state index in [1.54, 1.807) is 0 Å². The van der Waals surface area contributed by atoms with Gasteiger partial charge in [0.15, 0.2) is 0 Å². The number of aromatic amines is 1. The van der Waals surface area contributed by atoms with Gasteiger partial charge in [0.2, 0.25) is 0 Å².